The summed E-state index contributed by atoms with van der Waals surface area (Å²) in [6.45, 7) is 0. The first-order valence-corrected chi connectivity index (χ1v) is 11.4. The molecule has 0 bridgehead atoms. The van der Waals surface area contributed by atoms with Gasteiger partial charge in [-0.15, -0.1) is 0 Å². The molecular weight excluding hydrogens is 416 g/mol. The van der Waals surface area contributed by atoms with Crippen molar-refractivity contribution in [2.45, 2.75) is 0 Å². The zero-order valence-corrected chi connectivity index (χ0v) is 18.3. The van der Waals surface area contributed by atoms with Crippen molar-refractivity contribution < 1.29 is 4.74 Å². The van der Waals surface area contributed by atoms with Gasteiger partial charge < -0.3 is 9.64 Å². The van der Waals surface area contributed by atoms with E-state index in [0.29, 0.717) is 0 Å². The summed E-state index contributed by atoms with van der Waals surface area (Å²) in [4.78, 5) is 6.79. The molecule has 0 unspecified atom stereocenters. The normalized spacial score (nSPS) is 12.3. The van der Waals surface area contributed by atoms with Gasteiger partial charge in [0.05, 0.1) is 22.6 Å². The number of ether oxygens (including phenoxy) is 1. The predicted octanol–water partition coefficient (Wildman–Crippen LogP) is 8.63. The summed E-state index contributed by atoms with van der Waals surface area (Å²) in [5.41, 5.74) is 6.61. The van der Waals surface area contributed by atoms with Crippen LogP contribution in [0.5, 0.6) is 11.5 Å². The van der Waals surface area contributed by atoms with Crippen LogP contribution in [-0.2, 0) is 0 Å². The molecule has 0 aliphatic carbocycles. The first-order chi connectivity index (χ1) is 16.9. The Morgan fingerprint density at radius 3 is 2.09 bits per heavy atom. The third-order valence-corrected chi connectivity index (χ3v) is 6.49. The molecule has 3 heteroatoms. The third kappa shape index (κ3) is 2.87. The quantitative estimate of drug-likeness (QED) is 0.271. The maximum Gasteiger partial charge on any atom is 0.151 e. The van der Waals surface area contributed by atoms with Crippen molar-refractivity contribution in [2.24, 2.45) is 0 Å². The molecule has 3 nitrogen and oxygen atoms in total. The van der Waals surface area contributed by atoms with E-state index < -0.39 is 0 Å². The largest absolute Gasteiger partial charge is 0.453 e. The first kappa shape index (κ1) is 18.9. The van der Waals surface area contributed by atoms with Gasteiger partial charge in [-0.3, -0.25) is 4.98 Å². The highest BCUT2D eigenvalue weighted by atomic mass is 16.5. The van der Waals surface area contributed by atoms with Crippen LogP contribution in [0.3, 0.4) is 0 Å². The lowest BCUT2D eigenvalue weighted by atomic mass is 9.95. The second kappa shape index (κ2) is 7.46. The summed E-state index contributed by atoms with van der Waals surface area (Å²) in [7, 11) is 0. The standard InChI is InChI=1S/C31H20N2O/c1-3-15-30-28(12-1)33(29-13-2-4-16-31(29)34-30)27-14-6-10-24-23(9-5-11-25(24)27)21-17-18-26-22(20-21)8-7-19-32-26/h1-20H. The van der Waals surface area contributed by atoms with E-state index in [1.165, 1.54) is 21.9 Å². The van der Waals surface area contributed by atoms with Crippen LogP contribution in [0.25, 0.3) is 32.8 Å². The van der Waals surface area contributed by atoms with Crippen LogP contribution in [0.2, 0.25) is 0 Å². The van der Waals surface area contributed by atoms with Crippen molar-refractivity contribution in [1.82, 2.24) is 4.98 Å². The van der Waals surface area contributed by atoms with Gasteiger partial charge in [-0.25, -0.2) is 0 Å². The Labute approximate surface area is 197 Å². The Bertz CT molecular complexity index is 1660. The van der Waals surface area contributed by atoms with E-state index in [1.807, 2.05) is 36.5 Å². The van der Waals surface area contributed by atoms with Crippen LogP contribution < -0.4 is 9.64 Å². The van der Waals surface area contributed by atoms with Crippen LogP contribution in [0.4, 0.5) is 17.1 Å². The van der Waals surface area contributed by atoms with Gasteiger partial charge in [0.25, 0.3) is 0 Å². The number of rotatable bonds is 2. The summed E-state index contributed by atoms with van der Waals surface area (Å²) < 4.78 is 6.23. The average Bonchev–Trinajstić information content (AvgIpc) is 2.91. The summed E-state index contributed by atoms with van der Waals surface area (Å²) in [5, 5.41) is 3.55. The Morgan fingerprint density at radius 1 is 0.559 bits per heavy atom. The second-order valence-electron chi connectivity index (χ2n) is 8.46. The summed E-state index contributed by atoms with van der Waals surface area (Å²) in [6.07, 6.45) is 1.84. The van der Waals surface area contributed by atoms with Crippen LogP contribution in [0.15, 0.2) is 121 Å². The van der Waals surface area contributed by atoms with E-state index in [1.54, 1.807) is 0 Å². The van der Waals surface area contributed by atoms with E-state index in [4.69, 9.17) is 4.74 Å². The lowest BCUT2D eigenvalue weighted by molar-refractivity contribution is 0.477. The number of hydrogen-bond donors (Lipinski definition) is 0. The molecule has 0 spiro atoms. The molecule has 2 heterocycles. The molecule has 0 amide bonds. The number of hydrogen-bond acceptors (Lipinski definition) is 3. The molecule has 1 aromatic heterocycles. The van der Waals surface area contributed by atoms with Crippen molar-refractivity contribution in [2.75, 3.05) is 4.90 Å². The van der Waals surface area contributed by atoms with Crippen molar-refractivity contribution >= 4 is 38.7 Å². The van der Waals surface area contributed by atoms with Crippen molar-refractivity contribution in [3.8, 4) is 22.6 Å². The molecule has 1 aliphatic heterocycles. The fourth-order valence-corrected chi connectivity index (χ4v) is 4.95. The predicted molar refractivity (Wildman–Crippen MR) is 139 cm³/mol. The maximum atomic E-state index is 6.23. The Hall–Kier alpha value is -4.63. The topological polar surface area (TPSA) is 25.4 Å². The number of nitrogens with zero attached hydrogens (tertiary/aromatic N) is 2. The minimum atomic E-state index is 0.858. The van der Waals surface area contributed by atoms with Gasteiger partial charge >= 0.3 is 0 Å². The molecular formula is C31H20N2O. The molecule has 34 heavy (non-hydrogen) atoms. The molecule has 0 saturated carbocycles. The van der Waals surface area contributed by atoms with E-state index in [2.05, 4.69) is 94.8 Å². The highest BCUT2D eigenvalue weighted by molar-refractivity contribution is 6.07. The van der Waals surface area contributed by atoms with Crippen molar-refractivity contribution in [1.29, 1.82) is 0 Å². The fraction of sp³-hybridized carbons (Fsp3) is 0. The molecule has 0 N–H and O–H groups in total. The smallest absolute Gasteiger partial charge is 0.151 e. The number of anilines is 3. The zero-order chi connectivity index (χ0) is 22.5. The summed E-state index contributed by atoms with van der Waals surface area (Å²) in [5.74, 6) is 1.72. The maximum absolute atomic E-state index is 6.23. The van der Waals surface area contributed by atoms with Gasteiger partial charge in [0.1, 0.15) is 0 Å². The molecule has 7 rings (SSSR count). The molecule has 160 valence electrons. The minimum absolute atomic E-state index is 0.858. The highest BCUT2D eigenvalue weighted by Crippen LogP contribution is 2.51. The SMILES string of the molecule is c1ccc2c(c1)Oc1ccccc1N2c1cccc2c(-c3ccc4ncccc4c3)cccc12. The molecule has 0 atom stereocenters. The average molecular weight is 437 g/mol. The number of pyridine rings is 1. The van der Waals surface area contributed by atoms with Gasteiger partial charge in [-0.05, 0) is 65.0 Å². The summed E-state index contributed by atoms with van der Waals surface area (Å²) in [6, 6.07) is 40.1. The number of aromatic nitrogens is 1. The third-order valence-electron chi connectivity index (χ3n) is 6.49. The summed E-state index contributed by atoms with van der Waals surface area (Å²) >= 11 is 0. The Morgan fingerprint density at radius 2 is 1.26 bits per heavy atom. The van der Waals surface area contributed by atoms with Crippen LogP contribution in [0.1, 0.15) is 0 Å². The van der Waals surface area contributed by atoms with Gasteiger partial charge in [-0.2, -0.15) is 0 Å². The van der Waals surface area contributed by atoms with E-state index in [9.17, 15) is 0 Å². The zero-order valence-electron chi connectivity index (χ0n) is 18.3. The number of para-hydroxylation sites is 4. The van der Waals surface area contributed by atoms with E-state index in [-0.39, 0.29) is 0 Å². The van der Waals surface area contributed by atoms with E-state index >= 15 is 0 Å². The minimum Gasteiger partial charge on any atom is -0.453 e. The van der Waals surface area contributed by atoms with Crippen molar-refractivity contribution in [3.63, 3.8) is 0 Å². The van der Waals surface area contributed by atoms with Gasteiger partial charge in [0, 0.05) is 17.0 Å². The Kier molecular flexibility index (Phi) is 4.15. The molecule has 0 fully saturated rings. The van der Waals surface area contributed by atoms with Crippen LogP contribution in [0, 0.1) is 0 Å². The van der Waals surface area contributed by atoms with Gasteiger partial charge in [-0.1, -0.05) is 66.7 Å². The first-order valence-electron chi connectivity index (χ1n) is 11.4. The Balaban J connectivity index is 1.47. The highest BCUT2D eigenvalue weighted by Gasteiger charge is 2.26. The lowest BCUT2D eigenvalue weighted by Crippen LogP contribution is -2.15. The molecule has 1 aliphatic rings. The number of fused-ring (bicyclic) bond motifs is 4. The lowest BCUT2D eigenvalue weighted by Gasteiger charge is -2.33. The fourth-order valence-electron chi connectivity index (χ4n) is 4.95. The van der Waals surface area contributed by atoms with Gasteiger partial charge in [0.2, 0.25) is 0 Å². The van der Waals surface area contributed by atoms with Gasteiger partial charge in [0.15, 0.2) is 11.5 Å². The monoisotopic (exact) mass is 436 g/mol. The molecule has 6 aromatic rings. The van der Waals surface area contributed by atoms with E-state index in [0.717, 1.165) is 39.5 Å². The molecule has 5 aromatic carbocycles. The van der Waals surface area contributed by atoms with Crippen LogP contribution >= 0.6 is 0 Å². The van der Waals surface area contributed by atoms with Crippen molar-refractivity contribution in [3.05, 3.63) is 121 Å². The second-order valence-corrected chi connectivity index (χ2v) is 8.46. The van der Waals surface area contributed by atoms with Crippen LogP contribution in [-0.4, -0.2) is 4.98 Å². The molecule has 0 saturated heterocycles. The molecule has 0 radical (unpaired) electrons. The number of benzene rings is 5.